The number of hydrogen-bond donors (Lipinski definition) is 1. The molecular weight excluding hydrogens is 310 g/mol. The van der Waals surface area contributed by atoms with Gasteiger partial charge < -0.3 is 14.8 Å². The van der Waals surface area contributed by atoms with Crippen molar-refractivity contribution >= 4 is 17.7 Å². The van der Waals surface area contributed by atoms with Crippen LogP contribution in [0.2, 0.25) is 0 Å². The second-order valence-electron chi connectivity index (χ2n) is 5.60. The van der Waals surface area contributed by atoms with E-state index in [9.17, 15) is 4.79 Å². The van der Waals surface area contributed by atoms with E-state index in [-0.39, 0.29) is 18.6 Å². The average molecular weight is 327 g/mol. The van der Waals surface area contributed by atoms with E-state index in [1.165, 1.54) is 10.5 Å². The lowest BCUT2D eigenvalue weighted by molar-refractivity contribution is -0.131. The fraction of sp³-hybridized carbons (Fsp3) is 0.278. The van der Waals surface area contributed by atoms with Crippen molar-refractivity contribution in [3.8, 4) is 11.5 Å². The molecule has 4 rings (SSSR count). The van der Waals surface area contributed by atoms with E-state index in [0.717, 1.165) is 12.2 Å². The first kappa shape index (κ1) is 14.5. The summed E-state index contributed by atoms with van der Waals surface area (Å²) in [6.45, 7) is 0.242. The number of ether oxygens (including phenoxy) is 2. The van der Waals surface area contributed by atoms with Gasteiger partial charge in [-0.1, -0.05) is 30.3 Å². The summed E-state index contributed by atoms with van der Waals surface area (Å²) in [6, 6.07) is 15.7. The summed E-state index contributed by atoms with van der Waals surface area (Å²) in [5, 5.41) is 3.12. The number of carbonyl (C=O) groups is 1. The zero-order valence-electron chi connectivity index (χ0n) is 12.5. The minimum atomic E-state index is -0.605. The van der Waals surface area contributed by atoms with E-state index in [4.69, 9.17) is 9.47 Å². The first-order chi connectivity index (χ1) is 11.3. The highest BCUT2D eigenvalue weighted by molar-refractivity contribution is 7.99. The van der Waals surface area contributed by atoms with Gasteiger partial charge in [-0.05, 0) is 30.2 Å². The lowest BCUT2D eigenvalue weighted by Crippen LogP contribution is -2.45. The predicted molar refractivity (Wildman–Crippen MR) is 89.0 cm³/mol. The first-order valence-electron chi connectivity index (χ1n) is 7.72. The molecule has 1 N–H and O–H groups in total. The molecule has 2 atom stereocenters. The van der Waals surface area contributed by atoms with Crippen LogP contribution in [0.5, 0.6) is 11.5 Å². The van der Waals surface area contributed by atoms with E-state index in [1.807, 2.05) is 48.2 Å². The van der Waals surface area contributed by atoms with Crippen LogP contribution >= 0.6 is 11.8 Å². The molecule has 0 aliphatic carbocycles. The van der Waals surface area contributed by atoms with Gasteiger partial charge in [-0.15, -0.1) is 11.8 Å². The molecule has 2 aliphatic rings. The predicted octanol–water partition coefficient (Wildman–Crippen LogP) is 3.18. The van der Waals surface area contributed by atoms with Gasteiger partial charge in [0.25, 0.3) is 5.91 Å². The molecule has 0 saturated carbocycles. The monoisotopic (exact) mass is 327 g/mol. The van der Waals surface area contributed by atoms with Gasteiger partial charge in [0.2, 0.25) is 6.10 Å². The largest absolute Gasteiger partial charge is 0.485 e. The number of thioether (sulfide) groups is 1. The van der Waals surface area contributed by atoms with E-state index < -0.39 is 6.10 Å². The SMILES string of the molecule is O=C(N[C@H]1CCSc2ccccc21)[C@H]1COc2ccccc2O1. The smallest absolute Gasteiger partial charge is 0.265 e. The number of para-hydroxylation sites is 2. The van der Waals surface area contributed by atoms with Crippen molar-refractivity contribution in [2.45, 2.75) is 23.5 Å². The van der Waals surface area contributed by atoms with E-state index >= 15 is 0 Å². The van der Waals surface area contributed by atoms with Crippen LogP contribution < -0.4 is 14.8 Å². The molecule has 2 aromatic rings. The minimum absolute atomic E-state index is 0.0423. The molecule has 0 aromatic heterocycles. The van der Waals surface area contributed by atoms with E-state index in [1.54, 1.807) is 0 Å². The van der Waals surface area contributed by atoms with Crippen molar-refractivity contribution in [3.05, 3.63) is 54.1 Å². The number of amides is 1. The highest BCUT2D eigenvalue weighted by atomic mass is 32.2. The Hall–Kier alpha value is -2.14. The lowest BCUT2D eigenvalue weighted by Gasteiger charge is -2.30. The summed E-state index contributed by atoms with van der Waals surface area (Å²) in [7, 11) is 0. The molecule has 118 valence electrons. The van der Waals surface area contributed by atoms with Gasteiger partial charge in [0.15, 0.2) is 11.5 Å². The summed E-state index contributed by atoms with van der Waals surface area (Å²) in [5.41, 5.74) is 1.19. The molecule has 2 aromatic carbocycles. The van der Waals surface area contributed by atoms with E-state index in [2.05, 4.69) is 17.4 Å². The fourth-order valence-corrected chi connectivity index (χ4v) is 4.03. The number of rotatable bonds is 2. The Bertz CT molecular complexity index is 734. The number of fused-ring (bicyclic) bond motifs is 2. The molecule has 2 heterocycles. The standard InChI is InChI=1S/C18H17NO3S/c20-18(16-11-21-14-6-2-3-7-15(14)22-16)19-13-9-10-23-17-8-4-1-5-12(13)17/h1-8,13,16H,9-11H2,(H,19,20)/t13-,16+/m0/s1. The highest BCUT2D eigenvalue weighted by Gasteiger charge is 2.30. The second-order valence-corrected chi connectivity index (χ2v) is 6.74. The maximum atomic E-state index is 12.6. The molecule has 0 spiro atoms. The quantitative estimate of drug-likeness (QED) is 0.920. The van der Waals surface area contributed by atoms with Gasteiger partial charge in [0, 0.05) is 10.6 Å². The summed E-state index contributed by atoms with van der Waals surface area (Å²) in [4.78, 5) is 13.8. The fourth-order valence-electron chi connectivity index (χ4n) is 2.91. The minimum Gasteiger partial charge on any atom is -0.485 e. The van der Waals surface area contributed by atoms with Crippen molar-refractivity contribution in [2.24, 2.45) is 0 Å². The molecule has 0 unspecified atom stereocenters. The van der Waals surface area contributed by atoms with Crippen LogP contribution in [0.15, 0.2) is 53.4 Å². The molecule has 1 amide bonds. The number of benzene rings is 2. The summed E-state index contributed by atoms with van der Waals surface area (Å²) in [6.07, 6.45) is 0.323. The van der Waals surface area contributed by atoms with Crippen LogP contribution in [0.3, 0.4) is 0 Å². The van der Waals surface area contributed by atoms with Gasteiger partial charge in [-0.2, -0.15) is 0 Å². The third kappa shape index (κ3) is 2.88. The van der Waals surface area contributed by atoms with Gasteiger partial charge >= 0.3 is 0 Å². The molecule has 0 saturated heterocycles. The van der Waals surface area contributed by atoms with Crippen LogP contribution in [0, 0.1) is 0 Å². The molecule has 5 heteroatoms. The third-order valence-electron chi connectivity index (χ3n) is 4.08. The Labute approximate surface area is 139 Å². The third-order valence-corrected chi connectivity index (χ3v) is 5.20. The van der Waals surface area contributed by atoms with Gasteiger partial charge in [-0.25, -0.2) is 0 Å². The summed E-state index contributed by atoms with van der Waals surface area (Å²) >= 11 is 1.84. The van der Waals surface area contributed by atoms with Gasteiger partial charge in [0.05, 0.1) is 6.04 Å². The van der Waals surface area contributed by atoms with Gasteiger partial charge in [0.1, 0.15) is 6.61 Å². The normalized spacial score (nSPS) is 22.1. The maximum Gasteiger partial charge on any atom is 0.265 e. The summed E-state index contributed by atoms with van der Waals surface area (Å²) in [5.74, 6) is 2.20. The molecule has 0 bridgehead atoms. The topological polar surface area (TPSA) is 47.6 Å². The maximum absolute atomic E-state index is 12.6. The average Bonchev–Trinajstić information content (AvgIpc) is 2.61. The molecule has 0 fully saturated rings. The zero-order valence-corrected chi connectivity index (χ0v) is 13.3. The van der Waals surface area contributed by atoms with Crippen molar-refractivity contribution in [1.29, 1.82) is 0 Å². The Morgan fingerprint density at radius 3 is 2.78 bits per heavy atom. The Morgan fingerprint density at radius 1 is 1.09 bits per heavy atom. The van der Waals surface area contributed by atoms with Crippen molar-refractivity contribution in [3.63, 3.8) is 0 Å². The molecule has 4 nitrogen and oxygen atoms in total. The Morgan fingerprint density at radius 2 is 1.87 bits per heavy atom. The second kappa shape index (κ2) is 6.16. The van der Waals surface area contributed by atoms with Gasteiger partial charge in [-0.3, -0.25) is 4.79 Å². The lowest BCUT2D eigenvalue weighted by atomic mass is 10.0. The Kier molecular flexibility index (Phi) is 3.87. The van der Waals surface area contributed by atoms with Crippen LogP contribution in [0.1, 0.15) is 18.0 Å². The zero-order chi connectivity index (χ0) is 15.6. The number of hydrogen-bond acceptors (Lipinski definition) is 4. The number of nitrogens with one attached hydrogen (secondary N) is 1. The van der Waals surface area contributed by atoms with Crippen molar-refractivity contribution < 1.29 is 14.3 Å². The number of carbonyl (C=O) groups excluding carboxylic acids is 1. The van der Waals surface area contributed by atoms with Crippen LogP contribution in [-0.4, -0.2) is 24.4 Å². The van der Waals surface area contributed by atoms with Crippen LogP contribution in [0.4, 0.5) is 0 Å². The highest BCUT2D eigenvalue weighted by Crippen LogP contribution is 2.36. The van der Waals surface area contributed by atoms with Crippen LogP contribution in [0.25, 0.3) is 0 Å². The molecule has 2 aliphatic heterocycles. The van der Waals surface area contributed by atoms with Crippen LogP contribution in [-0.2, 0) is 4.79 Å². The van der Waals surface area contributed by atoms with Crippen molar-refractivity contribution in [2.75, 3.05) is 12.4 Å². The Balaban J connectivity index is 1.47. The summed E-state index contributed by atoms with van der Waals surface area (Å²) < 4.78 is 11.4. The molecule has 0 radical (unpaired) electrons. The first-order valence-corrected chi connectivity index (χ1v) is 8.70. The molecular formula is C18H17NO3S. The van der Waals surface area contributed by atoms with Crippen molar-refractivity contribution in [1.82, 2.24) is 5.32 Å². The van der Waals surface area contributed by atoms with E-state index in [0.29, 0.717) is 11.5 Å². The molecule has 23 heavy (non-hydrogen) atoms.